The summed E-state index contributed by atoms with van der Waals surface area (Å²) in [6, 6.07) is 7.01. The molecule has 0 saturated heterocycles. The van der Waals surface area contributed by atoms with Gasteiger partial charge >= 0.3 is 5.69 Å². The van der Waals surface area contributed by atoms with Crippen LogP contribution in [0.5, 0.6) is 0 Å². The molecule has 1 atom stereocenters. The van der Waals surface area contributed by atoms with E-state index in [1.54, 1.807) is 36.0 Å². The summed E-state index contributed by atoms with van der Waals surface area (Å²) in [5.74, 6) is -0.427. The summed E-state index contributed by atoms with van der Waals surface area (Å²) in [5.41, 5.74) is 0.548. The molecule has 10 heteroatoms. The first-order valence-corrected chi connectivity index (χ1v) is 7.69. The fourth-order valence-electron chi connectivity index (χ4n) is 2.32. The van der Waals surface area contributed by atoms with Crippen LogP contribution in [0.4, 0.5) is 15.9 Å². The van der Waals surface area contributed by atoms with E-state index in [1.807, 2.05) is 0 Å². The number of rotatable bonds is 6. The Morgan fingerprint density at radius 1 is 1.42 bits per heavy atom. The van der Waals surface area contributed by atoms with E-state index in [0.29, 0.717) is 12.4 Å². The third-order valence-corrected chi connectivity index (χ3v) is 3.70. The Morgan fingerprint density at radius 2 is 2.23 bits per heavy atom. The van der Waals surface area contributed by atoms with Gasteiger partial charge in [0.15, 0.2) is 5.82 Å². The lowest BCUT2D eigenvalue weighted by Gasteiger charge is -2.10. The van der Waals surface area contributed by atoms with Crippen LogP contribution in [0, 0.1) is 15.9 Å². The highest BCUT2D eigenvalue weighted by Gasteiger charge is 2.19. The zero-order valence-electron chi connectivity index (χ0n) is 13.7. The lowest BCUT2D eigenvalue weighted by Crippen LogP contribution is -2.24. The van der Waals surface area contributed by atoms with Crippen LogP contribution in [0.2, 0.25) is 0 Å². The van der Waals surface area contributed by atoms with Gasteiger partial charge in [0.1, 0.15) is 24.3 Å². The smallest absolute Gasteiger partial charge is 0.307 e. The van der Waals surface area contributed by atoms with Crippen molar-refractivity contribution in [3.8, 4) is 0 Å². The van der Waals surface area contributed by atoms with Gasteiger partial charge in [0.2, 0.25) is 5.91 Å². The average Bonchev–Trinajstić information content (AvgIpc) is 3.24. The lowest BCUT2D eigenvalue weighted by atomic mass is 10.2. The molecule has 0 bridgehead atoms. The molecule has 3 aromatic rings. The van der Waals surface area contributed by atoms with Gasteiger partial charge in [-0.3, -0.25) is 24.3 Å². The van der Waals surface area contributed by atoms with Gasteiger partial charge in [-0.15, -0.1) is 0 Å². The molecular weight excluding hydrogens is 343 g/mol. The molecule has 2 heterocycles. The topological polar surface area (TPSA) is 108 Å². The van der Waals surface area contributed by atoms with Crippen LogP contribution < -0.4 is 5.32 Å². The van der Waals surface area contributed by atoms with Crippen LogP contribution in [0.25, 0.3) is 0 Å². The molecule has 26 heavy (non-hydrogen) atoms. The lowest BCUT2D eigenvalue weighted by molar-refractivity contribution is -0.385. The SMILES string of the molecule is CC(C(=O)Nc1ccn(Cc2cccc(F)c2)n1)n1cc([N+](=O)[O-])cn1. The molecule has 2 aromatic heterocycles. The molecule has 0 spiro atoms. The zero-order valence-corrected chi connectivity index (χ0v) is 13.7. The number of hydrogen-bond donors (Lipinski definition) is 1. The largest absolute Gasteiger partial charge is 0.307 e. The van der Waals surface area contributed by atoms with E-state index >= 15 is 0 Å². The molecule has 1 amide bonds. The van der Waals surface area contributed by atoms with Crippen LogP contribution in [0.3, 0.4) is 0 Å². The van der Waals surface area contributed by atoms with E-state index in [4.69, 9.17) is 0 Å². The molecule has 0 aliphatic carbocycles. The van der Waals surface area contributed by atoms with Gasteiger partial charge in [-0.2, -0.15) is 10.2 Å². The molecule has 9 nitrogen and oxygen atoms in total. The van der Waals surface area contributed by atoms with Crippen molar-refractivity contribution in [2.45, 2.75) is 19.5 Å². The van der Waals surface area contributed by atoms with Crippen molar-refractivity contribution in [2.24, 2.45) is 0 Å². The van der Waals surface area contributed by atoms with Crippen LogP contribution in [-0.2, 0) is 11.3 Å². The molecule has 0 fully saturated rings. The molecule has 0 saturated carbocycles. The number of nitrogens with one attached hydrogen (secondary N) is 1. The number of aromatic nitrogens is 4. The van der Waals surface area contributed by atoms with Crippen LogP contribution in [0.15, 0.2) is 48.9 Å². The first kappa shape index (κ1) is 17.3. The number of halogens is 1. The van der Waals surface area contributed by atoms with Gasteiger partial charge in [0.05, 0.1) is 11.5 Å². The van der Waals surface area contributed by atoms with E-state index < -0.39 is 16.9 Å². The van der Waals surface area contributed by atoms with Crippen LogP contribution in [-0.4, -0.2) is 30.4 Å². The Bertz CT molecular complexity index is 951. The highest BCUT2D eigenvalue weighted by Crippen LogP contribution is 2.15. The van der Waals surface area contributed by atoms with Crippen molar-refractivity contribution in [3.05, 3.63) is 70.4 Å². The van der Waals surface area contributed by atoms with Gasteiger partial charge in [-0.05, 0) is 24.6 Å². The fraction of sp³-hybridized carbons (Fsp3) is 0.188. The predicted octanol–water partition coefficient (Wildman–Crippen LogP) is 2.37. The second kappa shape index (κ2) is 7.13. The number of nitro groups is 1. The maximum absolute atomic E-state index is 13.2. The average molecular weight is 358 g/mol. The highest BCUT2D eigenvalue weighted by molar-refractivity contribution is 5.92. The number of benzene rings is 1. The van der Waals surface area contributed by atoms with Crippen molar-refractivity contribution in [1.82, 2.24) is 19.6 Å². The second-order valence-corrected chi connectivity index (χ2v) is 5.63. The van der Waals surface area contributed by atoms with Gasteiger partial charge in [-0.1, -0.05) is 12.1 Å². The Kier molecular flexibility index (Phi) is 4.74. The molecule has 0 aliphatic heterocycles. The first-order chi connectivity index (χ1) is 12.4. The molecule has 1 N–H and O–H groups in total. The summed E-state index contributed by atoms with van der Waals surface area (Å²) < 4.78 is 16.0. The summed E-state index contributed by atoms with van der Waals surface area (Å²) in [6.45, 7) is 1.92. The van der Waals surface area contributed by atoms with Gasteiger partial charge in [-0.25, -0.2) is 4.39 Å². The van der Waals surface area contributed by atoms with Crippen molar-refractivity contribution < 1.29 is 14.1 Å². The summed E-state index contributed by atoms with van der Waals surface area (Å²) in [6.07, 6.45) is 3.92. The number of amides is 1. The monoisotopic (exact) mass is 358 g/mol. The Labute approximate surface area is 147 Å². The minimum atomic E-state index is -0.753. The molecule has 3 rings (SSSR count). The summed E-state index contributed by atoms with van der Waals surface area (Å²) >= 11 is 0. The summed E-state index contributed by atoms with van der Waals surface area (Å²) in [5, 5.41) is 21.3. The molecule has 0 radical (unpaired) electrons. The molecular formula is C16H15FN6O3. The normalized spacial score (nSPS) is 11.9. The maximum atomic E-state index is 13.2. The van der Waals surface area contributed by atoms with Crippen molar-refractivity contribution in [3.63, 3.8) is 0 Å². The van der Waals surface area contributed by atoms with Crippen molar-refractivity contribution >= 4 is 17.4 Å². The summed E-state index contributed by atoms with van der Waals surface area (Å²) in [4.78, 5) is 22.4. The van der Waals surface area contributed by atoms with Crippen LogP contribution in [0.1, 0.15) is 18.5 Å². The third kappa shape index (κ3) is 3.91. The van der Waals surface area contributed by atoms with Gasteiger partial charge in [0, 0.05) is 12.3 Å². The number of hydrogen-bond acceptors (Lipinski definition) is 5. The quantitative estimate of drug-likeness (QED) is 0.538. The second-order valence-electron chi connectivity index (χ2n) is 5.63. The van der Waals surface area contributed by atoms with Gasteiger partial charge in [0.25, 0.3) is 0 Å². The van der Waals surface area contributed by atoms with E-state index in [-0.39, 0.29) is 11.5 Å². The molecule has 1 aromatic carbocycles. The Hall–Kier alpha value is -3.56. The number of carbonyl (C=O) groups is 1. The van der Waals surface area contributed by atoms with Crippen molar-refractivity contribution in [2.75, 3.05) is 5.32 Å². The van der Waals surface area contributed by atoms with Crippen molar-refractivity contribution in [1.29, 1.82) is 0 Å². The highest BCUT2D eigenvalue weighted by atomic mass is 19.1. The fourth-order valence-corrected chi connectivity index (χ4v) is 2.32. The standard InChI is InChI=1S/C16H15FN6O3/c1-11(22-10-14(8-18-22)23(25)26)16(24)19-15-5-6-21(20-15)9-12-3-2-4-13(17)7-12/h2-8,10-11H,9H2,1H3,(H,19,20,24). The Morgan fingerprint density at radius 3 is 2.92 bits per heavy atom. The summed E-state index contributed by atoms with van der Waals surface area (Å²) in [7, 11) is 0. The Balaban J connectivity index is 1.64. The molecule has 134 valence electrons. The zero-order chi connectivity index (χ0) is 18.7. The maximum Gasteiger partial charge on any atom is 0.307 e. The number of anilines is 1. The minimum Gasteiger partial charge on any atom is -0.307 e. The van der Waals surface area contributed by atoms with Gasteiger partial charge < -0.3 is 5.32 Å². The van der Waals surface area contributed by atoms with E-state index in [1.165, 1.54) is 23.0 Å². The van der Waals surface area contributed by atoms with E-state index in [9.17, 15) is 19.3 Å². The predicted molar refractivity (Wildman–Crippen MR) is 90.0 cm³/mol. The van der Waals surface area contributed by atoms with Crippen LogP contribution >= 0.6 is 0 Å². The van der Waals surface area contributed by atoms with E-state index in [2.05, 4.69) is 15.5 Å². The number of nitrogens with zero attached hydrogens (tertiary/aromatic N) is 5. The first-order valence-electron chi connectivity index (χ1n) is 7.69. The van der Waals surface area contributed by atoms with E-state index in [0.717, 1.165) is 11.8 Å². The number of carbonyl (C=O) groups excluding carboxylic acids is 1. The third-order valence-electron chi connectivity index (χ3n) is 3.70. The molecule has 1 unspecified atom stereocenters. The minimum absolute atomic E-state index is 0.191. The molecule has 0 aliphatic rings.